The number of amidine groups is 1. The Morgan fingerprint density at radius 1 is 1.21 bits per heavy atom. The number of ether oxygens (including phenoxy) is 2. The molecule has 0 fully saturated rings. The van der Waals surface area contributed by atoms with Gasteiger partial charge in [0.15, 0.2) is 5.78 Å². The highest BCUT2D eigenvalue weighted by atomic mass is 35.5. The van der Waals surface area contributed by atoms with Gasteiger partial charge in [-0.15, -0.1) is 12.4 Å². The van der Waals surface area contributed by atoms with Gasteiger partial charge in [-0.05, 0) is 42.2 Å². The number of aliphatic hydroxyl groups excluding tert-OH is 1. The van der Waals surface area contributed by atoms with Gasteiger partial charge in [0.1, 0.15) is 17.3 Å². The number of likely N-dealkylation sites (N-methyl/N-ethyl adjacent to an activating group) is 1. The van der Waals surface area contributed by atoms with Gasteiger partial charge in [-0.1, -0.05) is 20.8 Å². The van der Waals surface area contributed by atoms with Gasteiger partial charge in [0.05, 0.1) is 38.1 Å². The lowest BCUT2D eigenvalue weighted by atomic mass is 9.84. The fourth-order valence-electron chi connectivity index (χ4n) is 4.51. The van der Waals surface area contributed by atoms with E-state index in [-0.39, 0.29) is 48.5 Å². The van der Waals surface area contributed by atoms with E-state index in [0.717, 1.165) is 16.8 Å². The molecule has 1 heterocycles. The highest BCUT2D eigenvalue weighted by Crippen LogP contribution is 2.40. The van der Waals surface area contributed by atoms with Crippen LogP contribution in [0, 0.1) is 5.41 Å². The molecule has 1 amide bonds. The third-order valence-corrected chi connectivity index (χ3v) is 6.49. The number of Topliss-reactive ketones (excluding diaryl/α,β-unsaturated/α-hetero) is 1. The van der Waals surface area contributed by atoms with Crippen LogP contribution < -0.4 is 19.7 Å². The van der Waals surface area contributed by atoms with Crippen LogP contribution in [0.3, 0.4) is 0 Å². The van der Waals surface area contributed by atoms with Gasteiger partial charge >= 0.3 is 0 Å². The van der Waals surface area contributed by atoms with Crippen LogP contribution in [0.4, 0.5) is 5.69 Å². The molecule has 0 aliphatic carbocycles. The molecule has 0 bridgehead atoms. The lowest BCUT2D eigenvalue weighted by molar-refractivity contribution is 0.0953. The summed E-state index contributed by atoms with van der Waals surface area (Å²) in [7, 11) is 5.00. The minimum atomic E-state index is -0.293. The van der Waals surface area contributed by atoms with Crippen LogP contribution in [0.5, 0.6) is 11.5 Å². The fourth-order valence-corrected chi connectivity index (χ4v) is 4.51. The second kappa shape index (κ2) is 12.5. The molecule has 208 valence electrons. The predicted octanol–water partition coefficient (Wildman–Crippen LogP) is 3.63. The predicted molar refractivity (Wildman–Crippen MR) is 152 cm³/mol. The fraction of sp³-hybridized carbons (Fsp3) is 0.464. The van der Waals surface area contributed by atoms with Gasteiger partial charge in [0.25, 0.3) is 5.91 Å². The molecule has 38 heavy (non-hydrogen) atoms. The molecule has 0 aromatic heterocycles. The molecular weight excluding hydrogens is 508 g/mol. The molecule has 1 aliphatic rings. The highest BCUT2D eigenvalue weighted by Gasteiger charge is 2.31. The van der Waals surface area contributed by atoms with Crippen molar-refractivity contribution >= 4 is 35.6 Å². The highest BCUT2D eigenvalue weighted by molar-refractivity contribution is 6.08. The second-order valence-corrected chi connectivity index (χ2v) is 10.1. The number of anilines is 1. The zero-order valence-corrected chi connectivity index (χ0v) is 24.0. The molecule has 0 unspecified atom stereocenters. The van der Waals surface area contributed by atoms with Gasteiger partial charge in [0, 0.05) is 43.9 Å². The molecule has 1 aliphatic heterocycles. The maximum atomic E-state index is 13.6. The molecule has 0 saturated heterocycles. The van der Waals surface area contributed by atoms with Crippen LogP contribution in [0.15, 0.2) is 24.3 Å². The minimum Gasteiger partial charge on any atom is -0.494 e. The van der Waals surface area contributed by atoms with E-state index >= 15 is 0 Å². The van der Waals surface area contributed by atoms with E-state index in [4.69, 9.17) is 14.9 Å². The van der Waals surface area contributed by atoms with Crippen molar-refractivity contribution in [1.29, 1.82) is 5.41 Å². The number of fused-ring (bicyclic) bond motifs is 1. The van der Waals surface area contributed by atoms with Crippen LogP contribution in [-0.2, 0) is 12.0 Å². The minimum absolute atomic E-state index is 0. The standard InChI is InChI=1S/C28H38N4O5.ClH/c1-8-37-24-13-18-15-32(26(29)19(18)14-20(24)27(35)30-5)16-23(34)17-11-21(28(2,3)4)25(36-7)22(12-17)31(6)9-10-33;/h11-14,29,33H,8-10,15-16H2,1-7H3,(H,30,35);1H. The Hall–Kier alpha value is -3.30. The topological polar surface area (TPSA) is 115 Å². The summed E-state index contributed by atoms with van der Waals surface area (Å²) in [6.07, 6.45) is 0. The van der Waals surface area contributed by atoms with E-state index in [2.05, 4.69) is 26.1 Å². The average molecular weight is 547 g/mol. The number of methoxy groups -OCH3 is 1. The van der Waals surface area contributed by atoms with E-state index in [1.807, 2.05) is 24.9 Å². The normalized spacial score (nSPS) is 12.5. The number of carbonyl (C=O) groups excluding carboxylic acids is 2. The van der Waals surface area contributed by atoms with E-state index in [0.29, 0.717) is 47.9 Å². The number of nitrogens with one attached hydrogen (secondary N) is 2. The lowest BCUT2D eigenvalue weighted by Crippen LogP contribution is -2.31. The van der Waals surface area contributed by atoms with Crippen molar-refractivity contribution in [2.45, 2.75) is 39.7 Å². The van der Waals surface area contributed by atoms with Crippen molar-refractivity contribution in [3.8, 4) is 11.5 Å². The van der Waals surface area contributed by atoms with E-state index in [9.17, 15) is 14.7 Å². The summed E-state index contributed by atoms with van der Waals surface area (Å²) in [5, 5.41) is 20.8. The number of amides is 1. The third kappa shape index (κ3) is 6.22. The molecule has 0 radical (unpaired) electrons. The number of benzene rings is 2. The van der Waals surface area contributed by atoms with Crippen molar-refractivity contribution in [2.75, 3.05) is 52.4 Å². The Labute approximate surface area is 231 Å². The maximum absolute atomic E-state index is 13.6. The summed E-state index contributed by atoms with van der Waals surface area (Å²) < 4.78 is 11.4. The number of rotatable bonds is 10. The molecular formula is C28H39ClN4O5. The van der Waals surface area contributed by atoms with Gasteiger partial charge in [-0.25, -0.2) is 0 Å². The van der Waals surface area contributed by atoms with E-state index in [1.54, 1.807) is 37.3 Å². The number of hydrogen-bond acceptors (Lipinski definition) is 7. The van der Waals surface area contributed by atoms with Gasteiger partial charge in [0.2, 0.25) is 0 Å². The number of aliphatic hydroxyl groups is 1. The molecule has 0 spiro atoms. The molecule has 10 heteroatoms. The Balaban J connectivity index is 0.00000507. The zero-order chi connectivity index (χ0) is 27.5. The van der Waals surface area contributed by atoms with Crippen molar-refractivity contribution in [3.05, 3.63) is 52.1 Å². The van der Waals surface area contributed by atoms with Crippen LogP contribution in [0.2, 0.25) is 0 Å². The molecule has 2 aromatic carbocycles. The van der Waals surface area contributed by atoms with Crippen LogP contribution >= 0.6 is 12.4 Å². The average Bonchev–Trinajstić information content (AvgIpc) is 3.15. The first-order valence-corrected chi connectivity index (χ1v) is 12.4. The lowest BCUT2D eigenvalue weighted by Gasteiger charge is -2.29. The largest absolute Gasteiger partial charge is 0.494 e. The Morgan fingerprint density at radius 2 is 1.89 bits per heavy atom. The van der Waals surface area contributed by atoms with Crippen molar-refractivity contribution in [2.24, 2.45) is 0 Å². The summed E-state index contributed by atoms with van der Waals surface area (Å²) in [6.45, 7) is 9.15. The van der Waals surface area contributed by atoms with Gasteiger partial charge in [-0.3, -0.25) is 15.0 Å². The first-order chi connectivity index (χ1) is 17.5. The zero-order valence-electron chi connectivity index (χ0n) is 23.2. The number of hydrogen-bond donors (Lipinski definition) is 3. The quantitative estimate of drug-likeness (QED) is 0.390. The number of carbonyl (C=O) groups is 2. The smallest absolute Gasteiger partial charge is 0.254 e. The first-order valence-electron chi connectivity index (χ1n) is 12.4. The van der Waals surface area contributed by atoms with E-state index in [1.165, 1.54) is 0 Å². The number of nitrogens with zero attached hydrogens (tertiary/aromatic N) is 2. The van der Waals surface area contributed by atoms with E-state index < -0.39 is 0 Å². The summed E-state index contributed by atoms with van der Waals surface area (Å²) in [6, 6.07) is 7.10. The molecule has 9 nitrogen and oxygen atoms in total. The Bertz CT molecular complexity index is 1210. The molecule has 3 rings (SSSR count). The third-order valence-electron chi connectivity index (χ3n) is 6.49. The van der Waals surface area contributed by atoms with Crippen LogP contribution in [0.25, 0.3) is 0 Å². The van der Waals surface area contributed by atoms with Gasteiger partial charge in [-0.2, -0.15) is 0 Å². The number of ketones is 1. The Kier molecular flexibility index (Phi) is 10.2. The Morgan fingerprint density at radius 3 is 2.45 bits per heavy atom. The first kappa shape index (κ1) is 30.9. The van der Waals surface area contributed by atoms with Gasteiger partial charge < -0.3 is 29.7 Å². The van der Waals surface area contributed by atoms with Crippen molar-refractivity contribution in [1.82, 2.24) is 10.2 Å². The SMILES string of the molecule is CCOc1cc2c(cc1C(=O)NC)C(=N)N(CC(=O)c1cc(N(C)CCO)c(OC)c(C(C)(C)C)c1)C2.Cl. The second-order valence-electron chi connectivity index (χ2n) is 10.1. The molecule has 2 aromatic rings. The number of halogens is 1. The molecule has 3 N–H and O–H groups in total. The summed E-state index contributed by atoms with van der Waals surface area (Å²) in [4.78, 5) is 29.5. The van der Waals surface area contributed by atoms with Crippen LogP contribution in [0.1, 0.15) is 65.1 Å². The molecule has 0 saturated carbocycles. The van der Waals surface area contributed by atoms with Crippen molar-refractivity contribution in [3.63, 3.8) is 0 Å². The molecule has 0 atom stereocenters. The summed E-state index contributed by atoms with van der Waals surface area (Å²) in [5.74, 6) is 0.898. The van der Waals surface area contributed by atoms with Crippen molar-refractivity contribution < 1.29 is 24.2 Å². The monoisotopic (exact) mass is 546 g/mol. The summed E-state index contributed by atoms with van der Waals surface area (Å²) in [5.41, 5.74) is 3.64. The van der Waals surface area contributed by atoms with Crippen LogP contribution in [-0.4, -0.2) is 75.0 Å². The summed E-state index contributed by atoms with van der Waals surface area (Å²) >= 11 is 0. The maximum Gasteiger partial charge on any atom is 0.254 e.